The molecule has 1 aliphatic rings. The molecule has 2 amide bonds. The van der Waals surface area contributed by atoms with Crippen molar-refractivity contribution in [1.82, 2.24) is 10.2 Å². The van der Waals surface area contributed by atoms with Gasteiger partial charge in [-0.3, -0.25) is 0 Å². The molecule has 1 saturated heterocycles. The molecule has 0 bridgehead atoms. The fraction of sp³-hybridized carbons (Fsp3) is 0.429. The SMILES string of the molecule is CCNC(=O)Nc1ccc(/C=C(\C#N)c2ccc(OCCCN3CCCCC3)cc2NCC)cc1. The van der Waals surface area contributed by atoms with Crippen molar-refractivity contribution in [3.63, 3.8) is 0 Å². The molecule has 7 nitrogen and oxygen atoms in total. The number of urea groups is 1. The molecule has 0 spiro atoms. The molecule has 0 aromatic heterocycles. The Labute approximate surface area is 209 Å². The number of carbonyl (C=O) groups is 1. The zero-order valence-electron chi connectivity index (χ0n) is 20.9. The van der Waals surface area contributed by atoms with Crippen LogP contribution in [0.1, 0.15) is 50.7 Å². The highest BCUT2D eigenvalue weighted by atomic mass is 16.5. The number of rotatable bonds is 11. The van der Waals surface area contributed by atoms with E-state index >= 15 is 0 Å². The number of amides is 2. The molecule has 1 fully saturated rings. The van der Waals surface area contributed by atoms with Crippen molar-refractivity contribution in [2.75, 3.05) is 50.0 Å². The molecular formula is C28H37N5O2. The molecule has 7 heteroatoms. The molecule has 2 aromatic carbocycles. The highest BCUT2D eigenvalue weighted by Crippen LogP contribution is 2.30. The Morgan fingerprint density at radius 1 is 1.09 bits per heavy atom. The van der Waals surface area contributed by atoms with Crippen LogP contribution in [0.25, 0.3) is 11.6 Å². The Morgan fingerprint density at radius 3 is 2.54 bits per heavy atom. The lowest BCUT2D eigenvalue weighted by Crippen LogP contribution is -2.31. The number of nitriles is 1. The van der Waals surface area contributed by atoms with Crippen molar-refractivity contribution in [1.29, 1.82) is 5.26 Å². The fourth-order valence-corrected chi connectivity index (χ4v) is 4.18. The standard InChI is InChI=1S/C28H37N5O2/c1-3-30-27-20-25(35-18-8-17-33-15-6-5-7-16-33)13-14-26(27)23(21-29)19-22-9-11-24(12-10-22)32-28(34)31-4-2/h9-14,19-20,30H,3-8,15-18H2,1-2H3,(H2,31,32,34)/b23-19+. The maximum atomic E-state index is 11.7. The highest BCUT2D eigenvalue weighted by Gasteiger charge is 2.11. The van der Waals surface area contributed by atoms with Crippen LogP contribution in [0.5, 0.6) is 5.75 Å². The number of carbonyl (C=O) groups excluding carboxylic acids is 1. The number of benzene rings is 2. The average Bonchev–Trinajstić information content (AvgIpc) is 2.87. The molecule has 3 rings (SSSR count). The molecule has 0 aliphatic carbocycles. The zero-order chi connectivity index (χ0) is 24.9. The van der Waals surface area contributed by atoms with Crippen LogP contribution in [0.2, 0.25) is 0 Å². The van der Waals surface area contributed by atoms with Gasteiger partial charge in [-0.05, 0) is 82.1 Å². The van der Waals surface area contributed by atoms with E-state index in [2.05, 4.69) is 26.9 Å². The van der Waals surface area contributed by atoms with Gasteiger partial charge in [0.15, 0.2) is 0 Å². The van der Waals surface area contributed by atoms with E-state index in [9.17, 15) is 10.1 Å². The summed E-state index contributed by atoms with van der Waals surface area (Å²) in [6.45, 7) is 9.38. The van der Waals surface area contributed by atoms with E-state index in [1.165, 1.54) is 32.4 Å². The Morgan fingerprint density at radius 2 is 1.86 bits per heavy atom. The van der Waals surface area contributed by atoms with Crippen LogP contribution >= 0.6 is 0 Å². The molecule has 0 radical (unpaired) electrons. The molecule has 35 heavy (non-hydrogen) atoms. The summed E-state index contributed by atoms with van der Waals surface area (Å²) in [4.78, 5) is 14.2. The quantitative estimate of drug-likeness (QED) is 0.224. The maximum absolute atomic E-state index is 11.7. The van der Waals surface area contributed by atoms with Crippen molar-refractivity contribution < 1.29 is 9.53 Å². The number of allylic oxidation sites excluding steroid dienone is 1. The highest BCUT2D eigenvalue weighted by molar-refractivity contribution is 5.94. The van der Waals surface area contributed by atoms with Crippen molar-refractivity contribution in [2.45, 2.75) is 39.5 Å². The average molecular weight is 476 g/mol. The normalized spacial score (nSPS) is 14.1. The summed E-state index contributed by atoms with van der Waals surface area (Å²) in [6, 6.07) is 15.3. The van der Waals surface area contributed by atoms with Gasteiger partial charge in [0.05, 0.1) is 18.2 Å². The van der Waals surface area contributed by atoms with Crippen LogP contribution < -0.4 is 20.7 Å². The second kappa shape index (κ2) is 14.0. The van der Waals surface area contributed by atoms with E-state index in [0.29, 0.717) is 24.4 Å². The van der Waals surface area contributed by atoms with Crippen LogP contribution in [0, 0.1) is 11.3 Å². The first kappa shape index (κ1) is 26.1. The van der Waals surface area contributed by atoms with Crippen molar-refractivity contribution >= 4 is 29.1 Å². The molecule has 0 atom stereocenters. The summed E-state index contributed by atoms with van der Waals surface area (Å²) in [7, 11) is 0. The zero-order valence-corrected chi connectivity index (χ0v) is 20.9. The van der Waals surface area contributed by atoms with Gasteiger partial charge in [0.1, 0.15) is 5.75 Å². The summed E-state index contributed by atoms with van der Waals surface area (Å²) < 4.78 is 6.02. The predicted molar refractivity (Wildman–Crippen MR) is 144 cm³/mol. The van der Waals surface area contributed by atoms with E-state index < -0.39 is 0 Å². The summed E-state index contributed by atoms with van der Waals surface area (Å²) in [6.07, 6.45) is 6.82. The third-order valence-electron chi connectivity index (χ3n) is 5.92. The molecule has 2 aromatic rings. The summed E-state index contributed by atoms with van der Waals surface area (Å²) in [5.74, 6) is 0.807. The van der Waals surface area contributed by atoms with Crippen LogP contribution in [0.15, 0.2) is 42.5 Å². The van der Waals surface area contributed by atoms with Gasteiger partial charge in [-0.15, -0.1) is 0 Å². The van der Waals surface area contributed by atoms with Gasteiger partial charge >= 0.3 is 6.03 Å². The third kappa shape index (κ3) is 8.34. The molecule has 3 N–H and O–H groups in total. The minimum absolute atomic E-state index is 0.238. The van der Waals surface area contributed by atoms with Gasteiger partial charge in [-0.1, -0.05) is 18.6 Å². The summed E-state index contributed by atoms with van der Waals surface area (Å²) in [5, 5.41) is 18.7. The van der Waals surface area contributed by atoms with Gasteiger partial charge in [-0.2, -0.15) is 5.26 Å². The van der Waals surface area contributed by atoms with Crippen molar-refractivity contribution in [3.8, 4) is 11.8 Å². The summed E-state index contributed by atoms with van der Waals surface area (Å²) in [5.41, 5.74) is 3.84. The Hall–Kier alpha value is -3.50. The molecule has 0 unspecified atom stereocenters. The monoisotopic (exact) mass is 475 g/mol. The first-order valence-corrected chi connectivity index (χ1v) is 12.6. The first-order chi connectivity index (χ1) is 17.1. The van der Waals surface area contributed by atoms with Crippen molar-refractivity contribution in [3.05, 3.63) is 53.6 Å². The van der Waals surface area contributed by atoms with Crippen molar-refractivity contribution in [2.24, 2.45) is 0 Å². The number of hydrogen-bond donors (Lipinski definition) is 3. The molecular weight excluding hydrogens is 438 g/mol. The Balaban J connectivity index is 1.66. The lowest BCUT2D eigenvalue weighted by Gasteiger charge is -2.26. The summed E-state index contributed by atoms with van der Waals surface area (Å²) >= 11 is 0. The second-order valence-corrected chi connectivity index (χ2v) is 8.62. The van der Waals surface area contributed by atoms with Gasteiger partial charge in [0.25, 0.3) is 0 Å². The minimum Gasteiger partial charge on any atom is -0.493 e. The molecule has 1 aliphatic heterocycles. The largest absolute Gasteiger partial charge is 0.493 e. The number of nitrogens with one attached hydrogen (secondary N) is 3. The number of piperidine rings is 1. The van der Waals surface area contributed by atoms with Gasteiger partial charge < -0.3 is 25.6 Å². The van der Waals surface area contributed by atoms with E-state index in [0.717, 1.165) is 42.1 Å². The van der Waals surface area contributed by atoms with E-state index in [-0.39, 0.29) is 6.03 Å². The smallest absolute Gasteiger partial charge is 0.319 e. The number of anilines is 2. The molecule has 1 heterocycles. The maximum Gasteiger partial charge on any atom is 0.319 e. The number of ether oxygens (including phenoxy) is 1. The Kier molecular flexibility index (Phi) is 10.5. The first-order valence-electron chi connectivity index (χ1n) is 12.6. The minimum atomic E-state index is -0.238. The number of nitrogens with zero attached hydrogens (tertiary/aromatic N) is 2. The van der Waals surface area contributed by atoms with Gasteiger partial charge in [-0.25, -0.2) is 4.79 Å². The topological polar surface area (TPSA) is 89.4 Å². The number of hydrogen-bond acceptors (Lipinski definition) is 5. The second-order valence-electron chi connectivity index (χ2n) is 8.62. The molecule has 186 valence electrons. The van der Waals surface area contributed by atoms with Crippen LogP contribution in [0.4, 0.5) is 16.2 Å². The fourth-order valence-electron chi connectivity index (χ4n) is 4.18. The van der Waals surface area contributed by atoms with Crippen LogP contribution in [-0.4, -0.2) is 50.3 Å². The van der Waals surface area contributed by atoms with Crippen LogP contribution in [-0.2, 0) is 0 Å². The van der Waals surface area contributed by atoms with E-state index in [1.54, 1.807) is 0 Å². The molecule has 0 saturated carbocycles. The lowest BCUT2D eigenvalue weighted by molar-refractivity contribution is 0.205. The lowest BCUT2D eigenvalue weighted by atomic mass is 10.0. The van der Waals surface area contributed by atoms with Gasteiger partial charge in [0.2, 0.25) is 0 Å². The predicted octanol–water partition coefficient (Wildman–Crippen LogP) is 5.58. The van der Waals surface area contributed by atoms with Crippen LogP contribution in [0.3, 0.4) is 0 Å². The third-order valence-corrected chi connectivity index (χ3v) is 5.92. The van der Waals surface area contributed by atoms with E-state index in [4.69, 9.17) is 4.74 Å². The Bertz CT molecular complexity index is 1020. The van der Waals surface area contributed by atoms with Gasteiger partial charge in [0, 0.05) is 42.6 Å². The van der Waals surface area contributed by atoms with E-state index in [1.807, 2.05) is 62.4 Å². The number of likely N-dealkylation sites (tertiary alicyclic amines) is 1.